The summed E-state index contributed by atoms with van der Waals surface area (Å²) in [4.78, 5) is 12.7. The zero-order chi connectivity index (χ0) is 9.07. The van der Waals surface area contributed by atoms with Crippen molar-refractivity contribution in [3.05, 3.63) is 0 Å². The average Bonchev–Trinajstić information content (AvgIpc) is 1.80. The van der Waals surface area contributed by atoms with E-state index < -0.39 is 0 Å². The van der Waals surface area contributed by atoms with E-state index in [1.165, 1.54) is 4.90 Å². The molecular weight excluding hydrogens is 138 g/mol. The highest BCUT2D eigenvalue weighted by Crippen LogP contribution is 2.15. The molecule has 0 rings (SSSR count). The van der Waals surface area contributed by atoms with Crippen LogP contribution in [0.2, 0.25) is 0 Å². The molecule has 0 saturated carbocycles. The molecule has 0 fully saturated rings. The van der Waals surface area contributed by atoms with E-state index in [1.54, 1.807) is 0 Å². The zero-order valence-corrected chi connectivity index (χ0v) is 8.32. The Labute approximate surface area is 69.6 Å². The molecule has 0 aliphatic rings. The van der Waals surface area contributed by atoms with Crippen LogP contribution in [0.3, 0.4) is 0 Å². The molecule has 11 heavy (non-hydrogen) atoms. The van der Waals surface area contributed by atoms with Crippen LogP contribution in [0.4, 0.5) is 0 Å². The first-order valence-electron chi connectivity index (χ1n) is 4.16. The Morgan fingerprint density at radius 3 is 2.00 bits per heavy atom. The lowest BCUT2D eigenvalue weighted by atomic mass is 9.89. The molecule has 0 bridgehead atoms. The van der Waals surface area contributed by atoms with Crippen LogP contribution in [-0.2, 0) is 4.79 Å². The molecule has 0 radical (unpaired) electrons. The summed E-state index contributed by atoms with van der Waals surface area (Å²) in [5.74, 6) is 0.360. The van der Waals surface area contributed by atoms with Gasteiger partial charge < -0.3 is 4.90 Å². The number of quaternary nitrogens is 1. The van der Waals surface area contributed by atoms with Crippen LogP contribution in [0.1, 0.15) is 27.2 Å². The van der Waals surface area contributed by atoms with E-state index >= 15 is 0 Å². The molecule has 2 heteroatoms. The van der Waals surface area contributed by atoms with E-state index in [2.05, 4.69) is 14.1 Å². The Bertz CT molecular complexity index is 133. The van der Waals surface area contributed by atoms with Gasteiger partial charge in [0.05, 0.1) is 27.1 Å². The van der Waals surface area contributed by atoms with Gasteiger partial charge >= 0.3 is 0 Å². The number of hydrogen-bond acceptors (Lipinski definition) is 1. The molecule has 0 aliphatic carbocycles. The predicted octanol–water partition coefficient (Wildman–Crippen LogP) is 0.136. The van der Waals surface area contributed by atoms with Crippen molar-refractivity contribution in [2.24, 2.45) is 5.41 Å². The van der Waals surface area contributed by atoms with Crippen molar-refractivity contribution < 1.29 is 9.69 Å². The molecule has 2 nitrogen and oxygen atoms in total. The Balaban J connectivity index is 3.71. The fourth-order valence-electron chi connectivity index (χ4n) is 0.739. The maximum Gasteiger partial charge on any atom is 0.143 e. The number of nitrogens with one attached hydrogen (secondary N) is 1. The lowest BCUT2D eigenvalue weighted by molar-refractivity contribution is -0.857. The summed E-state index contributed by atoms with van der Waals surface area (Å²) in [6, 6.07) is 0. The molecule has 0 unspecified atom stereocenters. The number of ketones is 1. The second-order valence-corrected chi connectivity index (χ2v) is 4.38. The summed E-state index contributed by atoms with van der Waals surface area (Å²) >= 11 is 0. The monoisotopic (exact) mass is 158 g/mol. The quantitative estimate of drug-likeness (QED) is 0.620. The molecule has 1 N–H and O–H groups in total. The van der Waals surface area contributed by atoms with E-state index in [0.29, 0.717) is 12.2 Å². The van der Waals surface area contributed by atoms with E-state index in [-0.39, 0.29) is 5.41 Å². The first-order chi connectivity index (χ1) is 4.84. The van der Waals surface area contributed by atoms with Crippen LogP contribution >= 0.6 is 0 Å². The molecule has 0 saturated heterocycles. The highest BCUT2D eigenvalue weighted by molar-refractivity contribution is 5.83. The van der Waals surface area contributed by atoms with Crippen molar-refractivity contribution in [2.45, 2.75) is 27.2 Å². The molecule has 0 spiro atoms. The smallest absolute Gasteiger partial charge is 0.143 e. The maximum atomic E-state index is 11.4. The van der Waals surface area contributed by atoms with Crippen LogP contribution in [0.15, 0.2) is 0 Å². The van der Waals surface area contributed by atoms with Crippen molar-refractivity contribution in [3.8, 4) is 0 Å². The highest BCUT2D eigenvalue weighted by Gasteiger charge is 2.21. The lowest BCUT2D eigenvalue weighted by Crippen LogP contribution is -3.05. The number of rotatable bonds is 3. The summed E-state index contributed by atoms with van der Waals surface area (Å²) < 4.78 is 0. The molecule has 0 atom stereocenters. The third kappa shape index (κ3) is 4.96. The van der Waals surface area contributed by atoms with Crippen LogP contribution in [-0.4, -0.2) is 26.4 Å². The molecular formula is C9H20NO+. The second kappa shape index (κ2) is 3.86. The van der Waals surface area contributed by atoms with Crippen LogP contribution in [0.25, 0.3) is 0 Å². The van der Waals surface area contributed by atoms with Crippen LogP contribution in [0.5, 0.6) is 0 Å². The molecule has 0 heterocycles. The van der Waals surface area contributed by atoms with Gasteiger partial charge in [-0.25, -0.2) is 0 Å². The summed E-state index contributed by atoms with van der Waals surface area (Å²) in [6.45, 7) is 6.86. The summed E-state index contributed by atoms with van der Waals surface area (Å²) in [5, 5.41) is 0. The summed E-state index contributed by atoms with van der Waals surface area (Å²) in [7, 11) is 4.13. The van der Waals surface area contributed by atoms with E-state index in [4.69, 9.17) is 0 Å². The maximum absolute atomic E-state index is 11.4. The Hall–Kier alpha value is -0.370. The Morgan fingerprint density at radius 2 is 1.73 bits per heavy atom. The molecule has 0 aliphatic heterocycles. The fourth-order valence-corrected chi connectivity index (χ4v) is 0.739. The Kier molecular flexibility index (Phi) is 3.73. The molecule has 0 aromatic heterocycles. The van der Waals surface area contributed by atoms with Gasteiger partial charge in [0.25, 0.3) is 0 Å². The van der Waals surface area contributed by atoms with Gasteiger partial charge in [-0.1, -0.05) is 20.8 Å². The minimum atomic E-state index is -0.157. The summed E-state index contributed by atoms with van der Waals surface area (Å²) in [5.41, 5.74) is -0.157. The molecule has 0 aromatic rings. The number of hydrogen-bond donors (Lipinski definition) is 1. The van der Waals surface area contributed by atoms with E-state index in [1.807, 2.05) is 20.8 Å². The predicted molar refractivity (Wildman–Crippen MR) is 46.8 cm³/mol. The molecule has 66 valence electrons. The first kappa shape index (κ1) is 10.6. The van der Waals surface area contributed by atoms with Crippen molar-refractivity contribution in [2.75, 3.05) is 20.6 Å². The van der Waals surface area contributed by atoms with Crippen molar-refractivity contribution >= 4 is 5.78 Å². The van der Waals surface area contributed by atoms with Gasteiger partial charge in [-0.05, 0) is 0 Å². The zero-order valence-electron chi connectivity index (χ0n) is 8.32. The van der Waals surface area contributed by atoms with Crippen molar-refractivity contribution in [1.82, 2.24) is 0 Å². The van der Waals surface area contributed by atoms with E-state index in [9.17, 15) is 4.79 Å². The van der Waals surface area contributed by atoms with Gasteiger partial charge in [0, 0.05) is 5.41 Å². The fraction of sp³-hybridized carbons (Fsp3) is 0.889. The van der Waals surface area contributed by atoms with Gasteiger partial charge in [0.15, 0.2) is 0 Å². The van der Waals surface area contributed by atoms with Gasteiger partial charge in [-0.15, -0.1) is 0 Å². The molecule has 0 amide bonds. The normalized spacial score (nSPS) is 12.2. The SMILES string of the molecule is C[NH+](C)CCC(=O)C(C)(C)C. The minimum absolute atomic E-state index is 0.157. The number of carbonyl (C=O) groups is 1. The largest absolute Gasteiger partial charge is 0.339 e. The number of Topliss-reactive ketones (excluding diaryl/α,β-unsaturated/α-hetero) is 1. The van der Waals surface area contributed by atoms with Gasteiger partial charge in [-0.2, -0.15) is 0 Å². The Morgan fingerprint density at radius 1 is 1.27 bits per heavy atom. The lowest BCUT2D eigenvalue weighted by Gasteiger charge is -2.16. The third-order valence-corrected chi connectivity index (χ3v) is 1.69. The van der Waals surface area contributed by atoms with Crippen LogP contribution in [0, 0.1) is 5.41 Å². The van der Waals surface area contributed by atoms with Gasteiger partial charge in [-0.3, -0.25) is 4.79 Å². The van der Waals surface area contributed by atoms with E-state index in [0.717, 1.165) is 6.54 Å². The first-order valence-corrected chi connectivity index (χ1v) is 4.16. The van der Waals surface area contributed by atoms with Crippen molar-refractivity contribution in [1.29, 1.82) is 0 Å². The highest BCUT2D eigenvalue weighted by atomic mass is 16.1. The number of carbonyl (C=O) groups excluding carboxylic acids is 1. The average molecular weight is 158 g/mol. The topological polar surface area (TPSA) is 21.5 Å². The second-order valence-electron chi connectivity index (χ2n) is 4.38. The standard InChI is InChI=1S/C9H19NO/c1-9(2,3)8(11)6-7-10(4)5/h6-7H2,1-5H3/p+1. The van der Waals surface area contributed by atoms with Crippen molar-refractivity contribution in [3.63, 3.8) is 0 Å². The minimum Gasteiger partial charge on any atom is -0.339 e. The van der Waals surface area contributed by atoms with Crippen LogP contribution < -0.4 is 4.90 Å². The third-order valence-electron chi connectivity index (χ3n) is 1.69. The molecule has 0 aromatic carbocycles. The van der Waals surface area contributed by atoms with Gasteiger partial charge in [0.1, 0.15) is 5.78 Å². The summed E-state index contributed by atoms with van der Waals surface area (Å²) in [6.07, 6.45) is 0.700. The van der Waals surface area contributed by atoms with Gasteiger partial charge in [0.2, 0.25) is 0 Å².